The number of carbonyl (C=O) groups is 1. The second-order valence-electron chi connectivity index (χ2n) is 5.67. The van der Waals surface area contributed by atoms with Crippen molar-refractivity contribution in [3.8, 4) is 16.5 Å². The Labute approximate surface area is 150 Å². The van der Waals surface area contributed by atoms with Gasteiger partial charge in [-0.25, -0.2) is 0 Å². The normalized spacial score (nSPS) is 11.4. The molecule has 5 nitrogen and oxygen atoms in total. The molecule has 1 aliphatic rings. The maximum atomic E-state index is 10.0. The summed E-state index contributed by atoms with van der Waals surface area (Å²) in [5.41, 5.74) is 6.14. The molecule has 0 atom stereocenters. The molecule has 0 amide bonds. The second-order valence-corrected chi connectivity index (χ2v) is 6.70. The second kappa shape index (κ2) is 7.32. The predicted molar refractivity (Wildman–Crippen MR) is 100 cm³/mol. The number of H-pyrrole nitrogens is 1. The minimum atomic E-state index is 0.729. The number of carbonyl (C=O) groups excluding carboxylic acids is 1. The van der Waals surface area contributed by atoms with Gasteiger partial charge < -0.3 is 5.32 Å². The van der Waals surface area contributed by atoms with E-state index in [1.165, 1.54) is 16.0 Å². The highest BCUT2D eigenvalue weighted by Crippen LogP contribution is 2.45. The summed E-state index contributed by atoms with van der Waals surface area (Å²) in [7, 11) is 1.86. The number of aromatic nitrogens is 2. The Hall–Kier alpha value is -2.91. The van der Waals surface area contributed by atoms with Gasteiger partial charge in [0.05, 0.1) is 11.3 Å². The number of aryl methyl sites for hydroxylation is 2. The van der Waals surface area contributed by atoms with Gasteiger partial charge in [0, 0.05) is 28.7 Å². The van der Waals surface area contributed by atoms with E-state index in [0.717, 1.165) is 46.6 Å². The van der Waals surface area contributed by atoms with Crippen LogP contribution in [0.3, 0.4) is 0 Å². The quantitative estimate of drug-likeness (QED) is 0.686. The third kappa shape index (κ3) is 3.19. The molecule has 1 aromatic carbocycles. The fraction of sp³-hybridized carbons (Fsp3) is 0.211. The number of hydrogen-bond donors (Lipinski definition) is 2. The molecule has 2 aromatic heterocycles. The number of aldehydes is 1. The summed E-state index contributed by atoms with van der Waals surface area (Å²) in [4.78, 5) is 11.2. The number of benzene rings is 1. The Morgan fingerprint density at radius 2 is 2.08 bits per heavy atom. The van der Waals surface area contributed by atoms with Gasteiger partial charge >= 0.3 is 0 Å². The molecule has 0 radical (unpaired) electrons. The summed E-state index contributed by atoms with van der Waals surface area (Å²) in [5.74, 6) is 0. The number of nitriles is 1. The number of rotatable bonds is 2. The summed E-state index contributed by atoms with van der Waals surface area (Å²) in [5, 5.41) is 20.7. The van der Waals surface area contributed by atoms with Crippen molar-refractivity contribution in [2.24, 2.45) is 0 Å². The van der Waals surface area contributed by atoms with Gasteiger partial charge in [0.15, 0.2) is 0 Å². The topological polar surface area (TPSA) is 81.6 Å². The van der Waals surface area contributed by atoms with Gasteiger partial charge in [0.1, 0.15) is 17.4 Å². The van der Waals surface area contributed by atoms with Gasteiger partial charge in [0.25, 0.3) is 0 Å². The van der Waals surface area contributed by atoms with Crippen LogP contribution in [-0.2, 0) is 12.8 Å². The Bertz CT molecular complexity index is 934. The van der Waals surface area contributed by atoms with Crippen molar-refractivity contribution in [2.45, 2.75) is 19.8 Å². The average Bonchev–Trinajstić information content (AvgIpc) is 3.22. The van der Waals surface area contributed by atoms with Crippen molar-refractivity contribution in [1.29, 1.82) is 5.26 Å². The van der Waals surface area contributed by atoms with Crippen LogP contribution in [0.4, 0.5) is 5.00 Å². The summed E-state index contributed by atoms with van der Waals surface area (Å²) in [6, 6.07) is 11.4. The van der Waals surface area contributed by atoms with E-state index in [-0.39, 0.29) is 0 Å². The third-order valence-electron chi connectivity index (χ3n) is 4.14. The first-order chi connectivity index (χ1) is 12.2. The lowest BCUT2D eigenvalue weighted by atomic mass is 9.93. The summed E-state index contributed by atoms with van der Waals surface area (Å²) in [6.45, 7) is 2.03. The summed E-state index contributed by atoms with van der Waals surface area (Å²) < 4.78 is 0. The molecule has 126 valence electrons. The van der Waals surface area contributed by atoms with E-state index in [1.807, 2.05) is 32.2 Å². The molecule has 6 heteroatoms. The van der Waals surface area contributed by atoms with E-state index in [2.05, 4.69) is 21.6 Å². The van der Waals surface area contributed by atoms with Gasteiger partial charge in [-0.15, -0.1) is 11.3 Å². The standard InChI is InChI=1S/C12H12N4S.C7H6O/c1-6-10-9(16-15-6)4-3-7-8(5-13)12(14-2)17-11(7)10;8-6-7-4-2-1-3-5-7/h14H,3-4H2,1-2H3,(H,15,16);1-6H. The lowest BCUT2D eigenvalue weighted by Crippen LogP contribution is -2.02. The molecule has 1 aliphatic carbocycles. The maximum absolute atomic E-state index is 10.0. The van der Waals surface area contributed by atoms with Crippen molar-refractivity contribution < 1.29 is 4.79 Å². The van der Waals surface area contributed by atoms with E-state index in [9.17, 15) is 10.1 Å². The van der Waals surface area contributed by atoms with Crippen molar-refractivity contribution >= 4 is 22.6 Å². The van der Waals surface area contributed by atoms with Crippen LogP contribution in [0.25, 0.3) is 10.4 Å². The Morgan fingerprint density at radius 1 is 1.32 bits per heavy atom. The third-order valence-corrected chi connectivity index (χ3v) is 5.41. The highest BCUT2D eigenvalue weighted by atomic mass is 32.1. The van der Waals surface area contributed by atoms with Crippen molar-refractivity contribution in [3.63, 3.8) is 0 Å². The van der Waals surface area contributed by atoms with Gasteiger partial charge in [-0.3, -0.25) is 9.89 Å². The molecule has 0 fully saturated rings. The van der Waals surface area contributed by atoms with E-state index in [4.69, 9.17) is 0 Å². The van der Waals surface area contributed by atoms with E-state index in [1.54, 1.807) is 23.5 Å². The maximum Gasteiger partial charge on any atom is 0.150 e. The molecule has 2 heterocycles. The molecule has 0 saturated heterocycles. The Balaban J connectivity index is 0.000000192. The van der Waals surface area contributed by atoms with Crippen molar-refractivity contribution in [1.82, 2.24) is 10.2 Å². The number of aromatic amines is 1. The van der Waals surface area contributed by atoms with E-state index >= 15 is 0 Å². The van der Waals surface area contributed by atoms with Gasteiger partial charge in [-0.2, -0.15) is 10.4 Å². The first-order valence-electron chi connectivity index (χ1n) is 7.97. The highest BCUT2D eigenvalue weighted by molar-refractivity contribution is 7.20. The largest absolute Gasteiger partial charge is 0.379 e. The lowest BCUT2D eigenvalue weighted by molar-refractivity contribution is 0.112. The molecular weight excluding hydrogens is 332 g/mol. The highest BCUT2D eigenvalue weighted by Gasteiger charge is 2.27. The van der Waals surface area contributed by atoms with Crippen molar-refractivity contribution in [2.75, 3.05) is 12.4 Å². The zero-order valence-electron chi connectivity index (χ0n) is 14.1. The zero-order valence-corrected chi connectivity index (χ0v) is 14.9. The average molecular weight is 350 g/mol. The van der Waals surface area contributed by atoms with E-state index in [0.29, 0.717) is 0 Å². The molecule has 2 N–H and O–H groups in total. The SMILES string of the molecule is CNc1sc2c(c1C#N)CCc1n[nH]c(C)c1-2.O=Cc1ccccc1. The molecule has 0 unspecified atom stereocenters. The van der Waals surface area contributed by atoms with Crippen LogP contribution in [0.1, 0.15) is 32.9 Å². The molecule has 25 heavy (non-hydrogen) atoms. The van der Waals surface area contributed by atoms with Crippen LogP contribution in [0.5, 0.6) is 0 Å². The minimum absolute atomic E-state index is 0.729. The number of hydrogen-bond acceptors (Lipinski definition) is 5. The van der Waals surface area contributed by atoms with Crippen LogP contribution >= 0.6 is 11.3 Å². The number of thiophene rings is 1. The monoisotopic (exact) mass is 350 g/mol. The van der Waals surface area contributed by atoms with E-state index < -0.39 is 0 Å². The number of anilines is 1. The first-order valence-corrected chi connectivity index (χ1v) is 8.79. The van der Waals surface area contributed by atoms with Crippen LogP contribution in [0.2, 0.25) is 0 Å². The van der Waals surface area contributed by atoms with Gasteiger partial charge in [-0.05, 0) is 25.3 Å². The van der Waals surface area contributed by atoms with Gasteiger partial charge in [0.2, 0.25) is 0 Å². The Morgan fingerprint density at radius 3 is 2.68 bits per heavy atom. The predicted octanol–water partition coefficient (Wildman–Crippen LogP) is 3.96. The van der Waals surface area contributed by atoms with Crippen LogP contribution in [0.15, 0.2) is 30.3 Å². The van der Waals surface area contributed by atoms with Crippen LogP contribution in [-0.4, -0.2) is 23.5 Å². The molecule has 3 aromatic rings. The molecular formula is C19H18N4OS. The Kier molecular flexibility index (Phi) is 4.96. The van der Waals surface area contributed by atoms with Crippen LogP contribution in [0, 0.1) is 18.3 Å². The molecule has 0 aliphatic heterocycles. The number of nitrogens with one attached hydrogen (secondary N) is 2. The van der Waals surface area contributed by atoms with Gasteiger partial charge in [-0.1, -0.05) is 30.3 Å². The fourth-order valence-electron chi connectivity index (χ4n) is 2.94. The molecule has 0 spiro atoms. The van der Waals surface area contributed by atoms with Crippen molar-refractivity contribution in [3.05, 3.63) is 58.4 Å². The summed E-state index contributed by atoms with van der Waals surface area (Å²) in [6.07, 6.45) is 2.66. The minimum Gasteiger partial charge on any atom is -0.379 e. The smallest absolute Gasteiger partial charge is 0.150 e. The molecule has 4 rings (SSSR count). The molecule has 0 saturated carbocycles. The number of nitrogens with zero attached hydrogens (tertiary/aromatic N) is 2. The zero-order chi connectivity index (χ0) is 17.8. The summed E-state index contributed by atoms with van der Waals surface area (Å²) >= 11 is 1.65. The molecule has 0 bridgehead atoms. The lowest BCUT2D eigenvalue weighted by Gasteiger charge is -2.11. The fourth-order valence-corrected chi connectivity index (χ4v) is 4.21. The van der Waals surface area contributed by atoms with Crippen LogP contribution < -0.4 is 5.32 Å². The number of fused-ring (bicyclic) bond motifs is 3. The first kappa shape index (κ1) is 16.9.